The van der Waals surface area contributed by atoms with Crippen LogP contribution < -0.4 is 0 Å². The van der Waals surface area contributed by atoms with Crippen LogP contribution in [0, 0.1) is 17.8 Å². The van der Waals surface area contributed by atoms with Crippen molar-refractivity contribution in [2.24, 2.45) is 22.7 Å². The standard InChI is InChI=1S/C12H21NO/c1-8(2)11(9(3)4)12(14)10-6-5-7-13-10/h8-9,11H,5-7H2,1-4H3. The third-order valence-electron chi connectivity index (χ3n) is 2.90. The van der Waals surface area contributed by atoms with Gasteiger partial charge in [-0.05, 0) is 24.7 Å². The highest BCUT2D eigenvalue weighted by Crippen LogP contribution is 2.24. The lowest BCUT2D eigenvalue weighted by molar-refractivity contribution is -0.119. The molecule has 0 saturated carbocycles. The molecular weight excluding hydrogens is 174 g/mol. The Hall–Kier alpha value is -0.660. The Kier molecular flexibility index (Phi) is 3.85. The van der Waals surface area contributed by atoms with Crippen LogP contribution in [-0.4, -0.2) is 18.0 Å². The molecule has 2 heteroatoms. The third kappa shape index (κ3) is 2.43. The molecule has 0 aliphatic carbocycles. The van der Waals surface area contributed by atoms with Gasteiger partial charge in [-0.2, -0.15) is 0 Å². The lowest BCUT2D eigenvalue weighted by atomic mass is 9.80. The normalized spacial score (nSPS) is 16.9. The van der Waals surface area contributed by atoms with Crippen molar-refractivity contribution in [2.45, 2.75) is 40.5 Å². The predicted octanol–water partition coefficient (Wildman–Crippen LogP) is 2.72. The quantitative estimate of drug-likeness (QED) is 0.678. The monoisotopic (exact) mass is 195 g/mol. The van der Waals surface area contributed by atoms with Gasteiger partial charge in [-0.3, -0.25) is 9.79 Å². The second-order valence-corrected chi connectivity index (χ2v) is 4.81. The van der Waals surface area contributed by atoms with E-state index in [-0.39, 0.29) is 5.92 Å². The molecular formula is C12H21NO. The minimum atomic E-state index is 0.159. The van der Waals surface area contributed by atoms with Gasteiger partial charge in [0.1, 0.15) is 0 Å². The molecule has 0 atom stereocenters. The zero-order chi connectivity index (χ0) is 10.7. The molecule has 0 fully saturated rings. The van der Waals surface area contributed by atoms with Gasteiger partial charge in [0, 0.05) is 12.5 Å². The number of hydrogen-bond acceptors (Lipinski definition) is 2. The van der Waals surface area contributed by atoms with Gasteiger partial charge in [0.15, 0.2) is 5.78 Å². The predicted molar refractivity (Wildman–Crippen MR) is 59.7 cm³/mol. The molecule has 1 heterocycles. The Morgan fingerprint density at radius 3 is 2.14 bits per heavy atom. The summed E-state index contributed by atoms with van der Waals surface area (Å²) in [6, 6.07) is 0. The van der Waals surface area contributed by atoms with Crippen molar-refractivity contribution in [1.82, 2.24) is 0 Å². The number of carbonyl (C=O) groups excluding carboxylic acids is 1. The van der Waals surface area contributed by atoms with Gasteiger partial charge in [0.05, 0.1) is 5.71 Å². The Balaban J connectivity index is 2.73. The molecule has 1 aliphatic rings. The summed E-state index contributed by atoms with van der Waals surface area (Å²) in [7, 11) is 0. The van der Waals surface area contributed by atoms with Crippen molar-refractivity contribution in [3.63, 3.8) is 0 Å². The van der Waals surface area contributed by atoms with Crippen molar-refractivity contribution in [1.29, 1.82) is 0 Å². The molecule has 0 unspecified atom stereocenters. The largest absolute Gasteiger partial charge is 0.293 e. The lowest BCUT2D eigenvalue weighted by Crippen LogP contribution is -2.30. The second kappa shape index (κ2) is 4.72. The average Bonchev–Trinajstić information content (AvgIpc) is 2.53. The van der Waals surface area contributed by atoms with Crippen LogP contribution in [-0.2, 0) is 4.79 Å². The summed E-state index contributed by atoms with van der Waals surface area (Å²) < 4.78 is 0. The van der Waals surface area contributed by atoms with Crippen molar-refractivity contribution in [3.8, 4) is 0 Å². The van der Waals surface area contributed by atoms with Gasteiger partial charge in [-0.25, -0.2) is 0 Å². The summed E-state index contributed by atoms with van der Waals surface area (Å²) >= 11 is 0. The number of carbonyl (C=O) groups is 1. The van der Waals surface area contributed by atoms with Crippen LogP contribution in [0.25, 0.3) is 0 Å². The second-order valence-electron chi connectivity index (χ2n) is 4.81. The first kappa shape index (κ1) is 11.4. The molecule has 80 valence electrons. The first-order valence-corrected chi connectivity index (χ1v) is 5.61. The van der Waals surface area contributed by atoms with Gasteiger partial charge in [-0.1, -0.05) is 27.7 Å². The summed E-state index contributed by atoms with van der Waals surface area (Å²) in [5.41, 5.74) is 0.845. The van der Waals surface area contributed by atoms with E-state index in [1.165, 1.54) is 0 Å². The highest BCUT2D eigenvalue weighted by molar-refractivity contribution is 6.41. The molecule has 0 saturated heterocycles. The molecule has 0 aromatic carbocycles. The van der Waals surface area contributed by atoms with Gasteiger partial charge < -0.3 is 0 Å². The van der Waals surface area contributed by atoms with Gasteiger partial charge in [0.2, 0.25) is 0 Å². The maximum Gasteiger partial charge on any atom is 0.180 e. The molecule has 0 radical (unpaired) electrons. The molecule has 0 aromatic rings. The molecule has 14 heavy (non-hydrogen) atoms. The van der Waals surface area contributed by atoms with Gasteiger partial charge in [-0.15, -0.1) is 0 Å². The Bertz CT molecular complexity index is 233. The number of ketones is 1. The maximum absolute atomic E-state index is 12.1. The minimum Gasteiger partial charge on any atom is -0.293 e. The van der Waals surface area contributed by atoms with Crippen LogP contribution in [0.3, 0.4) is 0 Å². The molecule has 1 aliphatic heterocycles. The van der Waals surface area contributed by atoms with E-state index < -0.39 is 0 Å². The van der Waals surface area contributed by atoms with Gasteiger partial charge in [0.25, 0.3) is 0 Å². The van der Waals surface area contributed by atoms with Crippen LogP contribution in [0.4, 0.5) is 0 Å². The summed E-state index contributed by atoms with van der Waals surface area (Å²) in [4.78, 5) is 16.4. The lowest BCUT2D eigenvalue weighted by Gasteiger charge is -2.23. The van der Waals surface area contributed by atoms with E-state index >= 15 is 0 Å². The zero-order valence-electron chi connectivity index (χ0n) is 9.71. The number of aliphatic imine (C=N–C) groups is 1. The van der Waals surface area contributed by atoms with Crippen LogP contribution in [0.1, 0.15) is 40.5 Å². The molecule has 2 nitrogen and oxygen atoms in total. The fourth-order valence-electron chi connectivity index (χ4n) is 2.31. The van der Waals surface area contributed by atoms with Crippen LogP contribution in [0.5, 0.6) is 0 Å². The van der Waals surface area contributed by atoms with E-state index in [1.807, 2.05) is 0 Å². The molecule has 1 rings (SSSR count). The van der Waals surface area contributed by atoms with Crippen LogP contribution >= 0.6 is 0 Å². The molecule has 0 spiro atoms. The van der Waals surface area contributed by atoms with Crippen LogP contribution in [0.2, 0.25) is 0 Å². The molecule has 0 bridgehead atoms. The molecule has 0 aromatic heterocycles. The summed E-state index contributed by atoms with van der Waals surface area (Å²) in [5, 5.41) is 0. The van der Waals surface area contributed by atoms with E-state index in [0.717, 1.165) is 25.1 Å². The fraction of sp³-hybridized carbons (Fsp3) is 0.833. The highest BCUT2D eigenvalue weighted by Gasteiger charge is 2.29. The van der Waals surface area contributed by atoms with E-state index in [0.29, 0.717) is 17.6 Å². The fourth-order valence-corrected chi connectivity index (χ4v) is 2.31. The smallest absolute Gasteiger partial charge is 0.180 e. The van der Waals surface area contributed by atoms with E-state index in [4.69, 9.17) is 0 Å². The van der Waals surface area contributed by atoms with Crippen molar-refractivity contribution >= 4 is 11.5 Å². The zero-order valence-corrected chi connectivity index (χ0v) is 9.71. The SMILES string of the molecule is CC(C)C(C(=O)C1=NCCC1)C(C)C. The topological polar surface area (TPSA) is 29.4 Å². The summed E-state index contributed by atoms with van der Waals surface area (Å²) in [5.74, 6) is 1.30. The molecule has 0 N–H and O–H groups in total. The average molecular weight is 195 g/mol. The van der Waals surface area contributed by atoms with Gasteiger partial charge >= 0.3 is 0 Å². The number of rotatable bonds is 4. The number of Topliss-reactive ketones (excluding diaryl/α,β-unsaturated/α-hetero) is 1. The number of hydrogen-bond donors (Lipinski definition) is 0. The van der Waals surface area contributed by atoms with Crippen molar-refractivity contribution in [3.05, 3.63) is 0 Å². The maximum atomic E-state index is 12.1. The van der Waals surface area contributed by atoms with E-state index in [9.17, 15) is 4.79 Å². The van der Waals surface area contributed by atoms with E-state index in [2.05, 4.69) is 32.7 Å². The number of nitrogens with zero attached hydrogens (tertiary/aromatic N) is 1. The highest BCUT2D eigenvalue weighted by atomic mass is 16.1. The first-order valence-electron chi connectivity index (χ1n) is 5.61. The first-order chi connectivity index (χ1) is 6.54. The van der Waals surface area contributed by atoms with Crippen molar-refractivity contribution in [2.75, 3.05) is 6.54 Å². The van der Waals surface area contributed by atoms with Crippen LogP contribution in [0.15, 0.2) is 4.99 Å². The molecule has 0 amide bonds. The summed E-state index contributed by atoms with van der Waals surface area (Å²) in [6.45, 7) is 9.34. The Morgan fingerprint density at radius 2 is 1.79 bits per heavy atom. The van der Waals surface area contributed by atoms with E-state index in [1.54, 1.807) is 0 Å². The summed E-state index contributed by atoms with van der Waals surface area (Å²) in [6.07, 6.45) is 1.96. The Morgan fingerprint density at radius 1 is 1.21 bits per heavy atom. The van der Waals surface area contributed by atoms with Crippen molar-refractivity contribution < 1.29 is 4.79 Å². The minimum absolute atomic E-state index is 0.159. The third-order valence-corrected chi connectivity index (χ3v) is 2.90. The Labute approximate surface area is 86.8 Å².